The van der Waals surface area contributed by atoms with Gasteiger partial charge in [-0.25, -0.2) is 4.98 Å². The lowest BCUT2D eigenvalue weighted by Gasteiger charge is -2.11. The van der Waals surface area contributed by atoms with Crippen LogP contribution in [-0.4, -0.2) is 28.0 Å². The van der Waals surface area contributed by atoms with Gasteiger partial charge < -0.3 is 10.6 Å². The fraction of sp³-hybridized carbons (Fsp3) is 0.636. The summed E-state index contributed by atoms with van der Waals surface area (Å²) in [6.07, 6.45) is 3.54. The van der Waals surface area contributed by atoms with Gasteiger partial charge in [0.2, 0.25) is 11.8 Å². The maximum absolute atomic E-state index is 10.9. The minimum atomic E-state index is -0.465. The Bertz CT molecular complexity index is 459. The van der Waals surface area contributed by atoms with E-state index in [4.69, 9.17) is 0 Å². The van der Waals surface area contributed by atoms with Crippen LogP contribution in [0.25, 0.3) is 0 Å². The van der Waals surface area contributed by atoms with Gasteiger partial charge in [0.05, 0.1) is 4.92 Å². The monoisotopic (exact) mass is 251 g/mol. The van der Waals surface area contributed by atoms with Crippen molar-refractivity contribution in [3.05, 3.63) is 16.3 Å². The molecule has 2 rings (SSSR count). The zero-order chi connectivity index (χ0) is 13.2. The molecule has 2 N–H and O–H groups in total. The predicted molar refractivity (Wildman–Crippen MR) is 68.7 cm³/mol. The SMILES string of the molecule is CCNc1ncc([N+](=O)[O-])c(NCC2(C)CC2)n1. The molecule has 0 atom stereocenters. The fourth-order valence-electron chi connectivity index (χ4n) is 1.57. The third kappa shape index (κ3) is 2.85. The van der Waals surface area contributed by atoms with Crippen molar-refractivity contribution in [3.8, 4) is 0 Å². The van der Waals surface area contributed by atoms with E-state index in [2.05, 4.69) is 27.5 Å². The van der Waals surface area contributed by atoms with E-state index in [-0.39, 0.29) is 11.1 Å². The highest BCUT2D eigenvalue weighted by molar-refractivity contribution is 5.57. The third-order valence-electron chi connectivity index (χ3n) is 3.09. The molecule has 0 saturated heterocycles. The van der Waals surface area contributed by atoms with E-state index in [0.717, 1.165) is 12.8 Å². The van der Waals surface area contributed by atoms with Crippen molar-refractivity contribution >= 4 is 17.5 Å². The molecule has 0 aliphatic heterocycles. The highest BCUT2D eigenvalue weighted by Gasteiger charge is 2.37. The molecular formula is C11H17N5O2. The Hall–Kier alpha value is -1.92. The van der Waals surface area contributed by atoms with Crippen molar-refractivity contribution in [3.63, 3.8) is 0 Å². The Morgan fingerprint density at radius 2 is 2.22 bits per heavy atom. The highest BCUT2D eigenvalue weighted by Crippen LogP contribution is 2.45. The number of aromatic nitrogens is 2. The molecule has 0 amide bonds. The van der Waals surface area contributed by atoms with Crippen LogP contribution in [0.1, 0.15) is 26.7 Å². The fourth-order valence-corrected chi connectivity index (χ4v) is 1.57. The first kappa shape index (κ1) is 12.5. The van der Waals surface area contributed by atoms with Gasteiger partial charge in [-0.3, -0.25) is 10.1 Å². The van der Waals surface area contributed by atoms with E-state index < -0.39 is 4.92 Å². The van der Waals surface area contributed by atoms with Gasteiger partial charge in [-0.05, 0) is 25.2 Å². The molecule has 1 aromatic rings. The van der Waals surface area contributed by atoms with Gasteiger partial charge in [0.25, 0.3) is 0 Å². The number of hydrogen-bond acceptors (Lipinski definition) is 6. The van der Waals surface area contributed by atoms with Gasteiger partial charge in [-0.15, -0.1) is 0 Å². The van der Waals surface area contributed by atoms with Crippen LogP contribution < -0.4 is 10.6 Å². The minimum absolute atomic E-state index is 0.0825. The van der Waals surface area contributed by atoms with Gasteiger partial charge in [0.1, 0.15) is 6.20 Å². The second-order valence-electron chi connectivity index (χ2n) is 4.88. The van der Waals surface area contributed by atoms with Crippen LogP contribution >= 0.6 is 0 Å². The van der Waals surface area contributed by atoms with Crippen molar-refractivity contribution in [1.29, 1.82) is 0 Å². The second kappa shape index (κ2) is 4.75. The quantitative estimate of drug-likeness (QED) is 0.593. The maximum Gasteiger partial charge on any atom is 0.329 e. The van der Waals surface area contributed by atoms with Crippen molar-refractivity contribution in [1.82, 2.24) is 9.97 Å². The van der Waals surface area contributed by atoms with E-state index in [1.807, 2.05) is 6.92 Å². The highest BCUT2D eigenvalue weighted by atomic mass is 16.6. The third-order valence-corrected chi connectivity index (χ3v) is 3.09. The molecule has 1 fully saturated rings. The zero-order valence-electron chi connectivity index (χ0n) is 10.6. The van der Waals surface area contributed by atoms with Gasteiger partial charge in [0.15, 0.2) is 0 Å². The van der Waals surface area contributed by atoms with Crippen molar-refractivity contribution in [2.45, 2.75) is 26.7 Å². The Morgan fingerprint density at radius 1 is 1.50 bits per heavy atom. The molecule has 1 saturated carbocycles. The van der Waals surface area contributed by atoms with Crippen molar-refractivity contribution in [2.75, 3.05) is 23.7 Å². The van der Waals surface area contributed by atoms with Crippen LogP contribution in [0, 0.1) is 15.5 Å². The molecule has 1 aliphatic rings. The van der Waals surface area contributed by atoms with Gasteiger partial charge >= 0.3 is 5.69 Å². The molecule has 1 aliphatic carbocycles. The first-order chi connectivity index (χ1) is 8.54. The molecule has 1 heterocycles. The van der Waals surface area contributed by atoms with Crippen LogP contribution in [0.5, 0.6) is 0 Å². The van der Waals surface area contributed by atoms with E-state index in [1.54, 1.807) is 0 Å². The van der Waals surface area contributed by atoms with E-state index in [1.165, 1.54) is 6.20 Å². The summed E-state index contributed by atoms with van der Waals surface area (Å²) in [6, 6.07) is 0. The van der Waals surface area contributed by atoms with E-state index in [0.29, 0.717) is 24.9 Å². The lowest BCUT2D eigenvalue weighted by Crippen LogP contribution is -2.15. The smallest absolute Gasteiger partial charge is 0.329 e. The van der Waals surface area contributed by atoms with Crippen LogP contribution in [-0.2, 0) is 0 Å². The first-order valence-corrected chi connectivity index (χ1v) is 6.03. The van der Waals surface area contributed by atoms with Gasteiger partial charge in [-0.2, -0.15) is 4.98 Å². The minimum Gasteiger partial charge on any atom is -0.364 e. The lowest BCUT2D eigenvalue weighted by molar-refractivity contribution is -0.384. The number of anilines is 2. The Kier molecular flexibility index (Phi) is 3.31. The Labute approximate surface area is 105 Å². The van der Waals surface area contributed by atoms with E-state index in [9.17, 15) is 10.1 Å². The molecule has 18 heavy (non-hydrogen) atoms. The number of nitro groups is 1. The Balaban J connectivity index is 2.16. The standard InChI is InChI=1S/C11H17N5O2/c1-3-12-10-13-6-8(16(17)18)9(15-10)14-7-11(2)4-5-11/h6H,3-5,7H2,1-2H3,(H2,12,13,14,15). The molecule has 0 bridgehead atoms. The number of nitrogens with one attached hydrogen (secondary N) is 2. The van der Waals surface area contributed by atoms with Crippen LogP contribution in [0.15, 0.2) is 6.20 Å². The molecule has 7 heteroatoms. The molecule has 0 aromatic carbocycles. The predicted octanol–water partition coefficient (Wildman–Crippen LogP) is 2.03. The van der Waals surface area contributed by atoms with Gasteiger partial charge in [0, 0.05) is 13.1 Å². The van der Waals surface area contributed by atoms with Crippen molar-refractivity contribution < 1.29 is 4.92 Å². The number of hydrogen-bond donors (Lipinski definition) is 2. The van der Waals surface area contributed by atoms with Crippen LogP contribution in [0.2, 0.25) is 0 Å². The largest absolute Gasteiger partial charge is 0.364 e. The average Bonchev–Trinajstić information content (AvgIpc) is 3.06. The number of rotatable bonds is 6. The maximum atomic E-state index is 10.9. The first-order valence-electron chi connectivity index (χ1n) is 6.03. The summed E-state index contributed by atoms with van der Waals surface area (Å²) in [5, 5.41) is 16.9. The molecular weight excluding hydrogens is 234 g/mol. The average molecular weight is 251 g/mol. The zero-order valence-corrected chi connectivity index (χ0v) is 10.6. The summed E-state index contributed by atoms with van der Waals surface area (Å²) in [6.45, 7) is 5.45. The Morgan fingerprint density at radius 3 is 2.78 bits per heavy atom. The molecule has 0 unspecified atom stereocenters. The normalized spacial score (nSPS) is 16.1. The van der Waals surface area contributed by atoms with E-state index >= 15 is 0 Å². The lowest BCUT2D eigenvalue weighted by atomic mass is 10.1. The summed E-state index contributed by atoms with van der Waals surface area (Å²) in [5.41, 5.74) is 0.179. The molecule has 0 radical (unpaired) electrons. The topological polar surface area (TPSA) is 93.0 Å². The summed E-state index contributed by atoms with van der Waals surface area (Å²) >= 11 is 0. The van der Waals surface area contributed by atoms with Crippen LogP contribution in [0.4, 0.5) is 17.5 Å². The van der Waals surface area contributed by atoms with Crippen molar-refractivity contribution in [2.24, 2.45) is 5.41 Å². The molecule has 0 spiro atoms. The second-order valence-corrected chi connectivity index (χ2v) is 4.88. The molecule has 7 nitrogen and oxygen atoms in total. The summed E-state index contributed by atoms with van der Waals surface area (Å²) in [7, 11) is 0. The molecule has 98 valence electrons. The number of nitrogens with zero attached hydrogens (tertiary/aromatic N) is 3. The molecule has 1 aromatic heterocycles. The van der Waals surface area contributed by atoms with Gasteiger partial charge in [-0.1, -0.05) is 6.92 Å². The summed E-state index contributed by atoms with van der Waals surface area (Å²) < 4.78 is 0. The summed E-state index contributed by atoms with van der Waals surface area (Å²) in [4.78, 5) is 18.5. The van der Waals surface area contributed by atoms with Crippen LogP contribution in [0.3, 0.4) is 0 Å². The summed E-state index contributed by atoms with van der Waals surface area (Å²) in [5.74, 6) is 0.700.